The Morgan fingerprint density at radius 3 is 2.91 bits per heavy atom. The van der Waals surface area contributed by atoms with Crippen LogP contribution in [0.3, 0.4) is 0 Å². The molecule has 0 spiro atoms. The maximum absolute atomic E-state index is 13.3. The number of amides is 1. The molecular formula is C16H15FN2O3. The zero-order valence-electron chi connectivity index (χ0n) is 11.7. The molecule has 3 rings (SSSR count). The number of aliphatic hydroxyl groups is 1. The van der Waals surface area contributed by atoms with Gasteiger partial charge >= 0.3 is 0 Å². The summed E-state index contributed by atoms with van der Waals surface area (Å²) in [4.78, 5) is 26.6. The highest BCUT2D eigenvalue weighted by molar-refractivity contribution is 6.06. The van der Waals surface area contributed by atoms with Crippen LogP contribution in [-0.2, 0) is 0 Å². The van der Waals surface area contributed by atoms with Gasteiger partial charge < -0.3 is 15.4 Å². The maximum Gasteiger partial charge on any atom is 0.252 e. The number of hydrogen-bond acceptors (Lipinski definition) is 3. The summed E-state index contributed by atoms with van der Waals surface area (Å²) in [5, 5.41) is 12.4. The number of halogens is 1. The number of H-pyrrole nitrogens is 1. The Hall–Kier alpha value is -2.47. The largest absolute Gasteiger partial charge is 0.396 e. The number of rotatable bonds is 3. The number of nitrogens with one attached hydrogen (secondary N) is 2. The van der Waals surface area contributed by atoms with Crippen molar-refractivity contribution >= 4 is 16.8 Å². The van der Waals surface area contributed by atoms with Crippen LogP contribution >= 0.6 is 0 Å². The topological polar surface area (TPSA) is 82.2 Å². The fraction of sp³-hybridized carbons (Fsp3) is 0.250. The van der Waals surface area contributed by atoms with E-state index >= 15 is 0 Å². The van der Waals surface area contributed by atoms with Crippen molar-refractivity contribution in [3.63, 3.8) is 0 Å². The first-order valence-electron chi connectivity index (χ1n) is 6.99. The van der Waals surface area contributed by atoms with E-state index in [0.29, 0.717) is 11.8 Å². The van der Waals surface area contributed by atoms with Gasteiger partial charge in [-0.05, 0) is 24.6 Å². The molecule has 0 bridgehead atoms. The smallest absolute Gasteiger partial charge is 0.252 e. The monoisotopic (exact) mass is 302 g/mol. The molecule has 0 fully saturated rings. The molecule has 6 heteroatoms. The van der Waals surface area contributed by atoms with E-state index in [2.05, 4.69) is 10.3 Å². The van der Waals surface area contributed by atoms with Crippen molar-refractivity contribution < 1.29 is 14.3 Å². The van der Waals surface area contributed by atoms with Gasteiger partial charge in [-0.2, -0.15) is 0 Å². The molecule has 0 aliphatic heterocycles. The molecule has 0 unspecified atom stereocenters. The number of aliphatic hydroxyl groups excluding tert-OH is 1. The van der Waals surface area contributed by atoms with Gasteiger partial charge in [0.05, 0.1) is 11.1 Å². The third-order valence-electron chi connectivity index (χ3n) is 3.77. The predicted octanol–water partition coefficient (Wildman–Crippen LogP) is 1.33. The molecule has 0 saturated carbocycles. The molecule has 1 aliphatic carbocycles. The second-order valence-electron chi connectivity index (χ2n) is 5.38. The lowest BCUT2D eigenvalue weighted by Gasteiger charge is -2.13. The van der Waals surface area contributed by atoms with E-state index in [1.165, 1.54) is 24.3 Å². The normalized spacial score (nSPS) is 20.5. The fourth-order valence-corrected chi connectivity index (χ4v) is 2.68. The second-order valence-corrected chi connectivity index (χ2v) is 5.38. The molecule has 114 valence electrons. The Labute approximate surface area is 125 Å². The number of pyridine rings is 1. The number of hydrogen-bond donors (Lipinski definition) is 3. The van der Waals surface area contributed by atoms with Crippen LogP contribution in [0.1, 0.15) is 16.8 Å². The van der Waals surface area contributed by atoms with Crippen LogP contribution < -0.4 is 10.9 Å². The highest BCUT2D eigenvalue weighted by Gasteiger charge is 2.21. The number of aromatic amines is 1. The van der Waals surface area contributed by atoms with Crippen LogP contribution in [0.2, 0.25) is 0 Å². The zero-order valence-corrected chi connectivity index (χ0v) is 11.7. The van der Waals surface area contributed by atoms with Crippen molar-refractivity contribution in [3.05, 3.63) is 58.2 Å². The lowest BCUT2D eigenvalue weighted by atomic mass is 10.1. The Morgan fingerprint density at radius 1 is 1.36 bits per heavy atom. The molecule has 1 aromatic carbocycles. The number of carbonyl (C=O) groups excluding carboxylic acids is 1. The Morgan fingerprint density at radius 2 is 2.18 bits per heavy atom. The zero-order chi connectivity index (χ0) is 15.7. The van der Waals surface area contributed by atoms with Crippen molar-refractivity contribution in [2.45, 2.75) is 12.5 Å². The van der Waals surface area contributed by atoms with Crippen LogP contribution in [0.4, 0.5) is 4.39 Å². The van der Waals surface area contributed by atoms with Crippen LogP contribution in [0, 0.1) is 11.7 Å². The molecule has 0 radical (unpaired) electrons. The average Bonchev–Trinajstić information content (AvgIpc) is 2.93. The summed E-state index contributed by atoms with van der Waals surface area (Å²) >= 11 is 0. The summed E-state index contributed by atoms with van der Waals surface area (Å²) in [6.45, 7) is 0.0378. The van der Waals surface area contributed by atoms with Gasteiger partial charge in [0.25, 0.3) is 5.91 Å². The molecule has 1 amide bonds. The number of aromatic nitrogens is 1. The van der Waals surface area contributed by atoms with Gasteiger partial charge in [0, 0.05) is 30.0 Å². The van der Waals surface area contributed by atoms with E-state index in [1.807, 2.05) is 12.2 Å². The Kier molecular flexibility index (Phi) is 3.77. The molecule has 2 atom stereocenters. The number of fused-ring (bicyclic) bond motifs is 1. The molecule has 1 aromatic heterocycles. The fourth-order valence-electron chi connectivity index (χ4n) is 2.68. The molecule has 22 heavy (non-hydrogen) atoms. The number of benzene rings is 1. The van der Waals surface area contributed by atoms with Crippen molar-refractivity contribution in [1.82, 2.24) is 10.3 Å². The van der Waals surface area contributed by atoms with E-state index in [-0.39, 0.29) is 29.6 Å². The highest BCUT2D eigenvalue weighted by atomic mass is 19.1. The first-order valence-corrected chi connectivity index (χ1v) is 6.99. The highest BCUT2D eigenvalue weighted by Crippen LogP contribution is 2.19. The summed E-state index contributed by atoms with van der Waals surface area (Å²) in [6, 6.07) is 4.92. The molecule has 2 aromatic rings. The predicted molar refractivity (Wildman–Crippen MR) is 80.1 cm³/mol. The minimum absolute atomic E-state index is 0.0373. The SMILES string of the molecule is O=C(N[C@@H]1C=C[C@H](CO)C1)c1cc(=O)[nH]c2cc(F)ccc12. The molecule has 1 heterocycles. The molecule has 3 N–H and O–H groups in total. The van der Waals surface area contributed by atoms with Crippen LogP contribution in [0.15, 0.2) is 41.2 Å². The second kappa shape index (κ2) is 5.73. The third-order valence-corrected chi connectivity index (χ3v) is 3.77. The first kappa shape index (κ1) is 14.5. The van der Waals surface area contributed by atoms with E-state index < -0.39 is 17.3 Å². The summed E-state index contributed by atoms with van der Waals surface area (Å²) in [7, 11) is 0. The minimum atomic E-state index is -0.481. The van der Waals surface area contributed by atoms with Crippen molar-refractivity contribution in [2.24, 2.45) is 5.92 Å². The maximum atomic E-state index is 13.3. The molecule has 1 aliphatic rings. The van der Waals surface area contributed by atoms with Gasteiger partial charge in [0.2, 0.25) is 5.56 Å². The summed E-state index contributed by atoms with van der Waals surface area (Å²) in [5.41, 5.74) is 0.0332. The van der Waals surface area contributed by atoms with E-state index in [4.69, 9.17) is 5.11 Å². The Balaban J connectivity index is 1.91. The molecular weight excluding hydrogens is 287 g/mol. The quantitative estimate of drug-likeness (QED) is 0.748. The average molecular weight is 302 g/mol. The van der Waals surface area contributed by atoms with Gasteiger partial charge in [-0.3, -0.25) is 9.59 Å². The first-order chi connectivity index (χ1) is 10.6. The third kappa shape index (κ3) is 2.78. The van der Waals surface area contributed by atoms with Crippen LogP contribution in [0.5, 0.6) is 0 Å². The van der Waals surface area contributed by atoms with Gasteiger partial charge in [-0.25, -0.2) is 4.39 Å². The van der Waals surface area contributed by atoms with Crippen molar-refractivity contribution in [2.75, 3.05) is 6.61 Å². The van der Waals surface area contributed by atoms with Gasteiger partial charge in [0.15, 0.2) is 0 Å². The number of carbonyl (C=O) groups is 1. The van der Waals surface area contributed by atoms with Gasteiger partial charge in [0.1, 0.15) is 5.82 Å². The summed E-state index contributed by atoms with van der Waals surface area (Å²) < 4.78 is 13.3. The molecule has 0 saturated heterocycles. The van der Waals surface area contributed by atoms with Crippen LogP contribution in [-0.4, -0.2) is 28.6 Å². The summed E-state index contributed by atoms with van der Waals surface area (Å²) in [5.74, 6) is -0.837. The molecule has 5 nitrogen and oxygen atoms in total. The van der Waals surface area contributed by atoms with E-state index in [9.17, 15) is 14.0 Å². The Bertz CT molecular complexity index is 813. The van der Waals surface area contributed by atoms with Gasteiger partial charge in [-0.15, -0.1) is 0 Å². The standard InChI is InChI=1S/C16H15FN2O3/c17-10-2-4-12-13(7-15(21)19-14(12)6-10)16(22)18-11-3-1-9(5-11)8-20/h1-4,6-7,9,11,20H,5,8H2,(H,18,22)(H,19,21)/t9-,11+/m0/s1. The van der Waals surface area contributed by atoms with Crippen LogP contribution in [0.25, 0.3) is 10.9 Å². The lowest BCUT2D eigenvalue weighted by Crippen LogP contribution is -2.33. The van der Waals surface area contributed by atoms with E-state index in [1.54, 1.807) is 0 Å². The van der Waals surface area contributed by atoms with Gasteiger partial charge in [-0.1, -0.05) is 12.2 Å². The van der Waals surface area contributed by atoms with E-state index in [0.717, 1.165) is 0 Å². The summed E-state index contributed by atoms with van der Waals surface area (Å²) in [6.07, 6.45) is 4.31. The minimum Gasteiger partial charge on any atom is -0.396 e. The lowest BCUT2D eigenvalue weighted by molar-refractivity contribution is 0.0942. The van der Waals surface area contributed by atoms with Crippen molar-refractivity contribution in [1.29, 1.82) is 0 Å². The van der Waals surface area contributed by atoms with Crippen molar-refractivity contribution in [3.8, 4) is 0 Å².